The van der Waals surface area contributed by atoms with Gasteiger partial charge in [-0.2, -0.15) is 10.1 Å². The molecule has 1 aliphatic rings. The number of halogens is 1. The average molecular weight is 424 g/mol. The highest BCUT2D eigenvalue weighted by molar-refractivity contribution is 6.31. The number of aliphatic hydroxyl groups excluding tert-OH is 1. The lowest BCUT2D eigenvalue weighted by Gasteiger charge is -2.25. The fourth-order valence-electron chi connectivity index (χ4n) is 3.42. The molecule has 0 saturated heterocycles. The van der Waals surface area contributed by atoms with Crippen LogP contribution in [0.25, 0.3) is 5.70 Å². The molecule has 1 aliphatic heterocycles. The Labute approximate surface area is 179 Å². The smallest absolute Gasteiger partial charge is 0.226 e. The lowest BCUT2D eigenvalue weighted by molar-refractivity contribution is -0.114. The zero-order valence-electron chi connectivity index (χ0n) is 16.5. The summed E-state index contributed by atoms with van der Waals surface area (Å²) in [6.07, 6.45) is 3.26. The van der Waals surface area contributed by atoms with Gasteiger partial charge in [-0.1, -0.05) is 41.9 Å². The number of aryl methyl sites for hydroxylation is 1. The van der Waals surface area contributed by atoms with E-state index >= 15 is 0 Å². The Morgan fingerprint density at radius 2 is 2.00 bits per heavy atom. The van der Waals surface area contributed by atoms with E-state index in [1.54, 1.807) is 0 Å². The first-order chi connectivity index (χ1) is 14.5. The molecule has 1 atom stereocenters. The fraction of sp³-hybridized carbons (Fsp3) is 0.227. The van der Waals surface area contributed by atoms with E-state index < -0.39 is 0 Å². The molecule has 0 radical (unpaired) electrons. The summed E-state index contributed by atoms with van der Waals surface area (Å²) in [7, 11) is 0. The number of carbonyl (C=O) groups is 1. The van der Waals surface area contributed by atoms with Crippen LogP contribution < -0.4 is 10.6 Å². The van der Waals surface area contributed by atoms with Crippen molar-refractivity contribution in [2.75, 3.05) is 17.2 Å². The van der Waals surface area contributed by atoms with Gasteiger partial charge in [0.1, 0.15) is 6.04 Å². The molecule has 3 N–H and O–H groups in total. The molecule has 1 aromatic heterocycles. The van der Waals surface area contributed by atoms with Crippen molar-refractivity contribution in [3.63, 3.8) is 0 Å². The number of benzene rings is 2. The molecule has 0 bridgehead atoms. The maximum absolute atomic E-state index is 11.3. The highest BCUT2D eigenvalue weighted by Crippen LogP contribution is 2.35. The van der Waals surface area contributed by atoms with Crippen LogP contribution in [-0.4, -0.2) is 32.4 Å². The topological polar surface area (TPSA) is 92.1 Å². The lowest BCUT2D eigenvalue weighted by Crippen LogP contribution is -2.20. The zero-order valence-corrected chi connectivity index (χ0v) is 17.2. The third-order valence-corrected chi connectivity index (χ3v) is 5.15. The third-order valence-electron chi connectivity index (χ3n) is 4.81. The molecule has 154 valence electrons. The Morgan fingerprint density at radius 3 is 2.70 bits per heavy atom. The molecule has 0 aliphatic carbocycles. The number of anilines is 2. The summed E-state index contributed by atoms with van der Waals surface area (Å²) in [5, 5.41) is 20.5. The first-order valence-corrected chi connectivity index (χ1v) is 10.1. The Bertz CT molecular complexity index is 1090. The minimum Gasteiger partial charge on any atom is -0.396 e. The monoisotopic (exact) mass is 423 g/mol. The standard InChI is InChI=1S/C22H22ClN5O2/c1-14(30)24-16-10-8-15(9-11-16)19-13-20(17-5-2-3-6-18(17)23)28-22(25-19)26-21(27-28)7-4-12-29/h2-3,5-6,8-11,13,20,29H,4,7,12H2,1H3,(H,24,30)(H,25,26,27). The van der Waals surface area contributed by atoms with Crippen molar-refractivity contribution in [2.24, 2.45) is 0 Å². The largest absolute Gasteiger partial charge is 0.396 e. The number of aliphatic hydroxyl groups is 1. The van der Waals surface area contributed by atoms with Gasteiger partial charge in [0.15, 0.2) is 5.82 Å². The second-order valence-corrected chi connectivity index (χ2v) is 7.46. The summed E-state index contributed by atoms with van der Waals surface area (Å²) in [5.74, 6) is 1.18. The molecule has 0 spiro atoms. The quantitative estimate of drug-likeness (QED) is 0.559. The Morgan fingerprint density at radius 1 is 1.23 bits per heavy atom. The molecule has 4 rings (SSSR count). The van der Waals surface area contributed by atoms with Crippen molar-refractivity contribution in [1.82, 2.24) is 14.8 Å². The van der Waals surface area contributed by atoms with E-state index in [2.05, 4.69) is 26.8 Å². The second kappa shape index (κ2) is 8.69. The third kappa shape index (κ3) is 4.22. The Kier molecular flexibility index (Phi) is 5.83. The minimum absolute atomic E-state index is 0.0926. The number of aromatic nitrogens is 3. The predicted molar refractivity (Wildman–Crippen MR) is 117 cm³/mol. The van der Waals surface area contributed by atoms with Crippen LogP contribution >= 0.6 is 11.6 Å². The summed E-state index contributed by atoms with van der Waals surface area (Å²) in [5.41, 5.74) is 3.49. The van der Waals surface area contributed by atoms with Crippen LogP contribution in [-0.2, 0) is 11.2 Å². The number of carbonyl (C=O) groups excluding carboxylic acids is 1. The SMILES string of the molecule is CC(=O)Nc1ccc(C2=CC(c3ccccc3Cl)n3nc(CCCO)nc3N2)cc1. The van der Waals surface area contributed by atoms with Gasteiger partial charge in [0.2, 0.25) is 11.9 Å². The number of hydrogen-bond acceptors (Lipinski definition) is 5. The first-order valence-electron chi connectivity index (χ1n) is 9.72. The van der Waals surface area contributed by atoms with Crippen LogP contribution in [0.4, 0.5) is 11.6 Å². The Hall–Kier alpha value is -3.16. The van der Waals surface area contributed by atoms with E-state index in [0.29, 0.717) is 29.6 Å². The highest BCUT2D eigenvalue weighted by Gasteiger charge is 2.26. The molecule has 0 saturated carbocycles. The van der Waals surface area contributed by atoms with Gasteiger partial charge < -0.3 is 15.7 Å². The number of nitrogens with one attached hydrogen (secondary N) is 2. The number of fused-ring (bicyclic) bond motifs is 1. The van der Waals surface area contributed by atoms with E-state index in [1.807, 2.05) is 53.2 Å². The maximum Gasteiger partial charge on any atom is 0.226 e. The summed E-state index contributed by atoms with van der Waals surface area (Å²) in [4.78, 5) is 15.9. The van der Waals surface area contributed by atoms with Gasteiger partial charge in [0.25, 0.3) is 0 Å². The normalized spacial score (nSPS) is 15.2. The van der Waals surface area contributed by atoms with Gasteiger partial charge in [-0.3, -0.25) is 4.79 Å². The molecule has 1 amide bonds. The minimum atomic E-state index is -0.227. The molecule has 7 nitrogen and oxygen atoms in total. The van der Waals surface area contributed by atoms with Crippen LogP contribution in [0.3, 0.4) is 0 Å². The van der Waals surface area contributed by atoms with Crippen LogP contribution in [0, 0.1) is 0 Å². The van der Waals surface area contributed by atoms with Crippen LogP contribution in [0.2, 0.25) is 5.02 Å². The van der Waals surface area contributed by atoms with Crippen LogP contribution in [0.15, 0.2) is 54.6 Å². The van der Waals surface area contributed by atoms with Crippen molar-refractivity contribution in [2.45, 2.75) is 25.8 Å². The molecule has 30 heavy (non-hydrogen) atoms. The second-order valence-electron chi connectivity index (χ2n) is 7.05. The molecule has 0 fully saturated rings. The van der Waals surface area contributed by atoms with Gasteiger partial charge in [-0.05, 0) is 41.8 Å². The number of rotatable bonds is 6. The summed E-state index contributed by atoms with van der Waals surface area (Å²) >= 11 is 6.49. The van der Waals surface area contributed by atoms with Crippen LogP contribution in [0.5, 0.6) is 0 Å². The highest BCUT2D eigenvalue weighted by atomic mass is 35.5. The Balaban J connectivity index is 1.72. The predicted octanol–water partition coefficient (Wildman–Crippen LogP) is 3.87. The fourth-order valence-corrected chi connectivity index (χ4v) is 3.67. The summed E-state index contributed by atoms with van der Waals surface area (Å²) < 4.78 is 1.82. The van der Waals surface area contributed by atoms with E-state index in [4.69, 9.17) is 16.7 Å². The number of hydrogen-bond donors (Lipinski definition) is 3. The molecule has 8 heteroatoms. The van der Waals surface area contributed by atoms with E-state index in [-0.39, 0.29) is 18.6 Å². The number of allylic oxidation sites excluding steroid dienone is 1. The van der Waals surface area contributed by atoms with Gasteiger partial charge in [-0.25, -0.2) is 4.68 Å². The van der Waals surface area contributed by atoms with E-state index in [1.165, 1.54) is 6.92 Å². The summed E-state index contributed by atoms with van der Waals surface area (Å²) in [6.45, 7) is 1.57. The zero-order chi connectivity index (χ0) is 21.1. The van der Waals surface area contributed by atoms with E-state index in [0.717, 1.165) is 22.5 Å². The lowest BCUT2D eigenvalue weighted by atomic mass is 10.0. The molecular formula is C22H22ClN5O2. The van der Waals surface area contributed by atoms with Crippen LogP contribution in [0.1, 0.15) is 36.3 Å². The van der Waals surface area contributed by atoms with Gasteiger partial charge in [0.05, 0.1) is 0 Å². The van der Waals surface area contributed by atoms with Crippen molar-refractivity contribution in [3.05, 3.63) is 76.6 Å². The first kappa shape index (κ1) is 20.1. The maximum atomic E-state index is 11.3. The molecular weight excluding hydrogens is 402 g/mol. The van der Waals surface area contributed by atoms with Gasteiger partial charge >= 0.3 is 0 Å². The number of nitrogens with zero attached hydrogens (tertiary/aromatic N) is 3. The average Bonchev–Trinajstić information content (AvgIpc) is 3.15. The summed E-state index contributed by atoms with van der Waals surface area (Å²) in [6, 6.07) is 15.0. The van der Waals surface area contributed by atoms with Gasteiger partial charge in [0, 0.05) is 36.4 Å². The van der Waals surface area contributed by atoms with Gasteiger partial charge in [-0.15, -0.1) is 0 Å². The molecule has 3 aromatic rings. The van der Waals surface area contributed by atoms with Crippen molar-refractivity contribution < 1.29 is 9.90 Å². The number of amides is 1. The van der Waals surface area contributed by atoms with E-state index in [9.17, 15) is 4.79 Å². The molecule has 2 aromatic carbocycles. The van der Waals surface area contributed by atoms with Crippen molar-refractivity contribution in [3.8, 4) is 0 Å². The van der Waals surface area contributed by atoms with Crippen molar-refractivity contribution >= 4 is 34.8 Å². The molecule has 1 unspecified atom stereocenters. The molecule has 2 heterocycles. The van der Waals surface area contributed by atoms with Crippen molar-refractivity contribution in [1.29, 1.82) is 0 Å².